The fourth-order valence-electron chi connectivity index (χ4n) is 2.26. The molecule has 1 heterocycles. The predicted molar refractivity (Wildman–Crippen MR) is 97.3 cm³/mol. The molecule has 2 rings (SSSR count). The van der Waals surface area contributed by atoms with E-state index in [0.717, 1.165) is 5.76 Å². The normalized spacial score (nSPS) is 16.3. The summed E-state index contributed by atoms with van der Waals surface area (Å²) in [5.41, 5.74) is 0.0378. The Bertz CT molecular complexity index is 603. The van der Waals surface area contributed by atoms with Crippen molar-refractivity contribution in [3.8, 4) is 0 Å². The lowest BCUT2D eigenvalue weighted by atomic mass is 10.2. The Morgan fingerprint density at radius 1 is 1.17 bits per heavy atom. The molecule has 2 nitrogen and oxygen atoms in total. The lowest BCUT2D eigenvalue weighted by molar-refractivity contribution is 0.359. The van der Waals surface area contributed by atoms with Crippen molar-refractivity contribution in [2.75, 3.05) is 18.0 Å². The maximum atomic E-state index is 14.1. The molecule has 0 saturated carbocycles. The maximum absolute atomic E-state index is 14.1. The molecule has 0 amide bonds. The van der Waals surface area contributed by atoms with E-state index in [2.05, 4.69) is 49.8 Å². The topological polar surface area (TPSA) is 12.5 Å². The van der Waals surface area contributed by atoms with Gasteiger partial charge in [-0.2, -0.15) is 0 Å². The molecule has 0 unspecified atom stereocenters. The van der Waals surface area contributed by atoms with Crippen LogP contribution in [0, 0.1) is 11.6 Å². The summed E-state index contributed by atoms with van der Waals surface area (Å²) in [7, 11) is -1.86. The van der Waals surface area contributed by atoms with E-state index in [-0.39, 0.29) is 10.7 Å². The van der Waals surface area contributed by atoms with Crippen LogP contribution in [0.25, 0.3) is 0 Å². The molecule has 0 bridgehead atoms. The number of hydrogen-bond donors (Lipinski definition) is 0. The zero-order chi connectivity index (χ0) is 17.4. The first kappa shape index (κ1) is 18.5. The maximum Gasteiger partial charge on any atom is 0.250 e. The van der Waals surface area contributed by atoms with Crippen LogP contribution >= 0.6 is 15.9 Å². The Balaban J connectivity index is 2.13. The van der Waals surface area contributed by atoms with Crippen LogP contribution in [0.5, 0.6) is 0 Å². The van der Waals surface area contributed by atoms with Crippen molar-refractivity contribution in [2.45, 2.75) is 45.3 Å². The summed E-state index contributed by atoms with van der Waals surface area (Å²) in [6, 6.07) is 2.59. The molecule has 0 radical (unpaired) electrons. The Hall–Kier alpha value is -0.883. The minimum atomic E-state index is -1.86. The number of rotatable bonds is 3. The van der Waals surface area contributed by atoms with Crippen molar-refractivity contribution < 1.29 is 13.2 Å². The molecule has 0 saturated heterocycles. The summed E-state index contributed by atoms with van der Waals surface area (Å²) >= 11 is 3.11. The molecule has 0 spiro atoms. The van der Waals surface area contributed by atoms with Gasteiger partial charge >= 0.3 is 0 Å². The molecule has 1 aliphatic heterocycles. The van der Waals surface area contributed by atoms with E-state index in [1.807, 2.05) is 6.08 Å². The molecule has 128 valence electrons. The van der Waals surface area contributed by atoms with E-state index in [1.165, 1.54) is 12.1 Å². The largest absolute Gasteiger partial charge is 0.547 e. The number of halogens is 3. The number of hydrogen-bond acceptors (Lipinski definition) is 2. The fraction of sp³-hybridized carbons (Fsp3) is 0.529. The van der Waals surface area contributed by atoms with Crippen molar-refractivity contribution in [2.24, 2.45) is 0 Å². The lowest BCUT2D eigenvalue weighted by Gasteiger charge is -2.39. The average molecular weight is 404 g/mol. The van der Waals surface area contributed by atoms with Gasteiger partial charge in [0, 0.05) is 24.0 Å². The Labute approximate surface area is 146 Å². The first-order chi connectivity index (χ1) is 10.5. The monoisotopic (exact) mass is 403 g/mol. The van der Waals surface area contributed by atoms with Gasteiger partial charge in [-0.05, 0) is 36.3 Å². The van der Waals surface area contributed by atoms with Crippen molar-refractivity contribution in [1.29, 1.82) is 0 Å². The first-order valence-corrected chi connectivity index (χ1v) is 11.5. The van der Waals surface area contributed by atoms with E-state index in [0.29, 0.717) is 24.0 Å². The summed E-state index contributed by atoms with van der Waals surface area (Å²) in [4.78, 5) is 1.72. The van der Waals surface area contributed by atoms with Gasteiger partial charge < -0.3 is 9.33 Å². The molecule has 1 aromatic carbocycles. The van der Waals surface area contributed by atoms with E-state index in [4.69, 9.17) is 4.43 Å². The van der Waals surface area contributed by atoms with Crippen molar-refractivity contribution >= 4 is 29.9 Å². The standard InChI is InChI=1S/C17H24BrF2NOSi/c1-17(2,3)23(4,5)22-13-6-8-21(9-7-13)16-14(19)10-12(18)11-15(16)20/h6,10-11H,7-9H2,1-5H3. The van der Waals surface area contributed by atoms with Crippen LogP contribution in [-0.2, 0) is 4.43 Å². The molecular weight excluding hydrogens is 380 g/mol. The quantitative estimate of drug-likeness (QED) is 0.587. The van der Waals surface area contributed by atoms with Crippen LogP contribution in [0.1, 0.15) is 27.2 Å². The van der Waals surface area contributed by atoms with Crippen molar-refractivity contribution in [3.63, 3.8) is 0 Å². The third kappa shape index (κ3) is 4.15. The van der Waals surface area contributed by atoms with E-state index in [9.17, 15) is 8.78 Å². The number of anilines is 1. The third-order valence-electron chi connectivity index (χ3n) is 4.66. The highest BCUT2D eigenvalue weighted by molar-refractivity contribution is 9.10. The minimum Gasteiger partial charge on any atom is -0.547 e. The van der Waals surface area contributed by atoms with Gasteiger partial charge in [-0.1, -0.05) is 36.7 Å². The van der Waals surface area contributed by atoms with Crippen LogP contribution in [0.15, 0.2) is 28.4 Å². The van der Waals surface area contributed by atoms with Gasteiger partial charge in [0.25, 0.3) is 0 Å². The zero-order valence-corrected chi connectivity index (χ0v) is 16.9. The second-order valence-corrected chi connectivity index (χ2v) is 13.1. The van der Waals surface area contributed by atoms with Crippen molar-refractivity contribution in [1.82, 2.24) is 0 Å². The third-order valence-corrected chi connectivity index (χ3v) is 9.50. The van der Waals surface area contributed by atoms with Crippen LogP contribution in [-0.4, -0.2) is 21.4 Å². The average Bonchev–Trinajstić information content (AvgIpc) is 2.37. The van der Waals surface area contributed by atoms with Gasteiger partial charge in [-0.3, -0.25) is 0 Å². The zero-order valence-electron chi connectivity index (χ0n) is 14.3. The molecule has 23 heavy (non-hydrogen) atoms. The summed E-state index contributed by atoms with van der Waals surface area (Å²) in [5, 5.41) is 0.134. The highest BCUT2D eigenvalue weighted by Gasteiger charge is 2.39. The van der Waals surface area contributed by atoms with E-state index in [1.54, 1.807) is 4.90 Å². The van der Waals surface area contributed by atoms with Gasteiger partial charge in [0.1, 0.15) is 5.69 Å². The van der Waals surface area contributed by atoms with E-state index < -0.39 is 20.0 Å². The first-order valence-electron chi connectivity index (χ1n) is 7.79. The smallest absolute Gasteiger partial charge is 0.250 e. The molecule has 6 heteroatoms. The van der Waals surface area contributed by atoms with Gasteiger partial charge in [-0.15, -0.1) is 0 Å². The molecule has 0 aliphatic carbocycles. The van der Waals surface area contributed by atoms with Crippen LogP contribution < -0.4 is 4.90 Å². The van der Waals surface area contributed by atoms with Crippen LogP contribution in [0.4, 0.5) is 14.5 Å². The minimum absolute atomic E-state index is 0.0378. The summed E-state index contributed by atoms with van der Waals surface area (Å²) < 4.78 is 34.8. The molecule has 0 fully saturated rings. The molecular formula is C17H24BrF2NOSi. The SMILES string of the molecule is CC(C)(C)[Si](C)(C)OC1=CCN(c2c(F)cc(Br)cc2F)CC1. The van der Waals surface area contributed by atoms with Crippen LogP contribution in [0.3, 0.4) is 0 Å². The molecule has 0 atom stereocenters. The Morgan fingerprint density at radius 2 is 1.74 bits per heavy atom. The molecule has 0 N–H and O–H groups in total. The Morgan fingerprint density at radius 3 is 2.17 bits per heavy atom. The fourth-order valence-corrected chi connectivity index (χ4v) is 3.81. The Kier molecular flexibility index (Phi) is 5.26. The predicted octanol–water partition coefficient (Wildman–Crippen LogP) is 5.84. The van der Waals surface area contributed by atoms with E-state index >= 15 is 0 Å². The van der Waals surface area contributed by atoms with Crippen molar-refractivity contribution in [3.05, 3.63) is 40.1 Å². The van der Waals surface area contributed by atoms with Gasteiger partial charge in [0.05, 0.1) is 5.76 Å². The summed E-state index contributed by atoms with van der Waals surface area (Å²) in [6.45, 7) is 12.0. The lowest BCUT2D eigenvalue weighted by Crippen LogP contribution is -2.42. The highest BCUT2D eigenvalue weighted by Crippen LogP contribution is 2.39. The molecule has 0 aromatic heterocycles. The highest BCUT2D eigenvalue weighted by atomic mass is 79.9. The molecule has 1 aliphatic rings. The number of benzene rings is 1. The number of nitrogens with zero attached hydrogens (tertiary/aromatic N) is 1. The van der Waals surface area contributed by atoms with Gasteiger partial charge in [0.15, 0.2) is 11.6 Å². The summed E-state index contributed by atoms with van der Waals surface area (Å²) in [5.74, 6) is -0.135. The summed E-state index contributed by atoms with van der Waals surface area (Å²) in [6.07, 6.45) is 2.62. The molecule has 1 aromatic rings. The second-order valence-electron chi connectivity index (χ2n) is 7.45. The van der Waals surface area contributed by atoms with Gasteiger partial charge in [0.2, 0.25) is 8.32 Å². The van der Waals surface area contributed by atoms with Gasteiger partial charge in [-0.25, -0.2) is 8.78 Å². The van der Waals surface area contributed by atoms with Crippen LogP contribution in [0.2, 0.25) is 18.1 Å². The second kappa shape index (κ2) is 6.55.